The van der Waals surface area contributed by atoms with E-state index in [1.165, 1.54) is 12.1 Å². The fraction of sp³-hybridized carbons (Fsp3) is 0.400. The first kappa shape index (κ1) is 18.3. The van der Waals surface area contributed by atoms with Crippen molar-refractivity contribution in [3.8, 4) is 5.75 Å². The molecule has 6 nitrogen and oxygen atoms in total. The van der Waals surface area contributed by atoms with Gasteiger partial charge in [-0.05, 0) is 19.4 Å². The van der Waals surface area contributed by atoms with Crippen LogP contribution in [-0.2, 0) is 15.8 Å². The fourth-order valence-corrected chi connectivity index (χ4v) is 3.59. The van der Waals surface area contributed by atoms with Gasteiger partial charge in [-0.2, -0.15) is 8.78 Å². The zero-order valence-corrected chi connectivity index (χ0v) is 14.0. The number of benzene rings is 1. The van der Waals surface area contributed by atoms with Crippen molar-refractivity contribution in [2.24, 2.45) is 0 Å². The largest absolute Gasteiger partial charge is 0.434 e. The van der Waals surface area contributed by atoms with Crippen molar-refractivity contribution in [3.05, 3.63) is 47.3 Å². The van der Waals surface area contributed by atoms with Crippen LogP contribution < -0.4 is 9.46 Å². The second kappa shape index (κ2) is 7.71. The zero-order chi connectivity index (χ0) is 17.7. The zero-order valence-electron chi connectivity index (χ0n) is 13.2. The van der Waals surface area contributed by atoms with Gasteiger partial charge in [0.15, 0.2) is 5.76 Å². The van der Waals surface area contributed by atoms with E-state index in [9.17, 15) is 17.2 Å². The summed E-state index contributed by atoms with van der Waals surface area (Å²) < 4.78 is 61.5. The molecule has 0 spiro atoms. The van der Waals surface area contributed by atoms with E-state index in [1.54, 1.807) is 32.0 Å². The number of nitrogens with zero attached hydrogens (tertiary/aromatic N) is 1. The first-order chi connectivity index (χ1) is 11.3. The van der Waals surface area contributed by atoms with Crippen LogP contribution >= 0.6 is 0 Å². The topological polar surface area (TPSA) is 81.4 Å². The van der Waals surface area contributed by atoms with Crippen molar-refractivity contribution >= 4 is 10.0 Å². The lowest BCUT2D eigenvalue weighted by Crippen LogP contribution is -2.29. The predicted molar refractivity (Wildman–Crippen MR) is 83.1 cm³/mol. The molecule has 0 radical (unpaired) electrons. The lowest BCUT2D eigenvalue weighted by molar-refractivity contribution is -0.0506. The Morgan fingerprint density at radius 3 is 2.62 bits per heavy atom. The van der Waals surface area contributed by atoms with Crippen LogP contribution in [0.15, 0.2) is 34.9 Å². The Morgan fingerprint density at radius 1 is 1.33 bits per heavy atom. The number of sulfonamides is 1. The third-order valence-electron chi connectivity index (χ3n) is 3.25. The molecule has 2 rings (SSSR count). The molecule has 9 heteroatoms. The highest BCUT2D eigenvalue weighted by atomic mass is 32.2. The van der Waals surface area contributed by atoms with Gasteiger partial charge in [-0.3, -0.25) is 0 Å². The van der Waals surface area contributed by atoms with Gasteiger partial charge in [-0.15, -0.1) is 0 Å². The quantitative estimate of drug-likeness (QED) is 0.782. The number of aryl methyl sites for hydroxylation is 1. The molecule has 1 aromatic carbocycles. The van der Waals surface area contributed by atoms with E-state index in [0.29, 0.717) is 17.7 Å². The van der Waals surface area contributed by atoms with Gasteiger partial charge in [0.2, 0.25) is 10.0 Å². The number of rotatable bonds is 8. The van der Waals surface area contributed by atoms with Crippen molar-refractivity contribution in [1.29, 1.82) is 0 Å². The molecule has 0 aliphatic heterocycles. The molecule has 0 aliphatic rings. The summed E-state index contributed by atoms with van der Waals surface area (Å²) >= 11 is 0. The predicted octanol–water partition coefficient (Wildman–Crippen LogP) is 3.16. The maximum Gasteiger partial charge on any atom is 0.387 e. The van der Waals surface area contributed by atoms with E-state index >= 15 is 0 Å². The number of para-hydroxylation sites is 1. The summed E-state index contributed by atoms with van der Waals surface area (Å²) in [6.07, 6.45) is 0.359. The van der Waals surface area contributed by atoms with Crippen molar-refractivity contribution in [1.82, 2.24) is 9.88 Å². The number of ether oxygens (including phenoxy) is 1. The third kappa shape index (κ3) is 5.00. The molecule has 2 aromatic rings. The first-order valence-corrected chi connectivity index (χ1v) is 8.92. The van der Waals surface area contributed by atoms with Crippen LogP contribution in [0.1, 0.15) is 36.4 Å². The van der Waals surface area contributed by atoms with Crippen LogP contribution in [0.4, 0.5) is 8.78 Å². The van der Waals surface area contributed by atoms with Crippen molar-refractivity contribution < 1.29 is 26.5 Å². The van der Waals surface area contributed by atoms with E-state index in [0.717, 1.165) is 0 Å². The average Bonchev–Trinajstić information content (AvgIpc) is 2.89. The Bertz CT molecular complexity index is 777. The molecule has 0 saturated carbocycles. The Labute approximate surface area is 138 Å². The van der Waals surface area contributed by atoms with Gasteiger partial charge >= 0.3 is 6.61 Å². The average molecular weight is 360 g/mol. The smallest absolute Gasteiger partial charge is 0.387 e. The Morgan fingerprint density at radius 2 is 2.04 bits per heavy atom. The first-order valence-electron chi connectivity index (χ1n) is 7.26. The van der Waals surface area contributed by atoms with E-state index in [2.05, 4.69) is 14.6 Å². The van der Waals surface area contributed by atoms with Crippen molar-refractivity contribution in [2.45, 2.75) is 38.7 Å². The molecular weight excluding hydrogens is 342 g/mol. The van der Waals surface area contributed by atoms with Crippen molar-refractivity contribution in [2.75, 3.05) is 0 Å². The van der Waals surface area contributed by atoms with Crippen LogP contribution in [0.5, 0.6) is 5.75 Å². The summed E-state index contributed by atoms with van der Waals surface area (Å²) in [7, 11) is -3.75. The number of nitrogens with one attached hydrogen (secondary N) is 1. The minimum absolute atomic E-state index is 0.0578. The number of aromatic nitrogens is 1. The summed E-state index contributed by atoms with van der Waals surface area (Å²) in [5.74, 6) is -0.244. The van der Waals surface area contributed by atoms with Gasteiger partial charge in [0.1, 0.15) is 11.5 Å². The van der Waals surface area contributed by atoms with Crippen LogP contribution in [-0.4, -0.2) is 20.2 Å². The van der Waals surface area contributed by atoms with Crippen LogP contribution in [0.25, 0.3) is 0 Å². The molecule has 0 saturated heterocycles. The monoisotopic (exact) mass is 360 g/mol. The van der Waals surface area contributed by atoms with Gasteiger partial charge in [0.25, 0.3) is 0 Å². The minimum Gasteiger partial charge on any atom is -0.434 e. The fourth-order valence-electron chi connectivity index (χ4n) is 2.27. The lowest BCUT2D eigenvalue weighted by atomic mass is 10.0. The molecule has 0 bridgehead atoms. The van der Waals surface area contributed by atoms with Gasteiger partial charge < -0.3 is 9.26 Å². The minimum atomic E-state index is -3.75. The Kier molecular flexibility index (Phi) is 5.89. The lowest BCUT2D eigenvalue weighted by Gasteiger charge is -2.20. The molecular formula is C15H18F2N2O4S. The SMILES string of the molecule is CC[C@H](NS(=O)(=O)Cc1cc(C)no1)c1ccccc1OC(F)F. The standard InChI is InChI=1S/C15H18F2N2O4S/c1-3-13(12-6-4-5-7-14(12)22-15(16)17)19-24(20,21)9-11-8-10(2)18-23-11/h4-8,13,15,19H,3,9H2,1-2H3/t13-/m0/s1. The molecule has 24 heavy (non-hydrogen) atoms. The van der Waals surface area contributed by atoms with Gasteiger partial charge in [-0.25, -0.2) is 13.1 Å². The van der Waals surface area contributed by atoms with Crippen LogP contribution in [0.3, 0.4) is 0 Å². The van der Waals surface area contributed by atoms with E-state index in [1.807, 2.05) is 0 Å². The van der Waals surface area contributed by atoms with Crippen molar-refractivity contribution in [3.63, 3.8) is 0 Å². The highest BCUT2D eigenvalue weighted by molar-refractivity contribution is 7.88. The van der Waals surface area contributed by atoms with Crippen LogP contribution in [0, 0.1) is 6.92 Å². The summed E-state index contributed by atoms with van der Waals surface area (Å²) in [5.41, 5.74) is 0.917. The molecule has 0 aliphatic carbocycles. The molecule has 1 heterocycles. The summed E-state index contributed by atoms with van der Waals surface area (Å²) in [6, 6.07) is 6.91. The molecule has 0 unspecified atom stereocenters. The normalized spacial score (nSPS) is 13.2. The number of halogens is 2. The van der Waals surface area contributed by atoms with E-state index < -0.39 is 22.7 Å². The summed E-state index contributed by atoms with van der Waals surface area (Å²) in [5, 5.41) is 3.63. The molecule has 1 aromatic heterocycles. The highest BCUT2D eigenvalue weighted by Gasteiger charge is 2.23. The second-order valence-electron chi connectivity index (χ2n) is 5.19. The van der Waals surface area contributed by atoms with E-state index in [-0.39, 0.29) is 17.3 Å². The third-order valence-corrected chi connectivity index (χ3v) is 4.56. The van der Waals surface area contributed by atoms with Gasteiger partial charge in [0.05, 0.1) is 11.7 Å². The van der Waals surface area contributed by atoms with Gasteiger partial charge in [-0.1, -0.05) is 30.3 Å². The summed E-state index contributed by atoms with van der Waals surface area (Å²) in [4.78, 5) is 0. The molecule has 0 fully saturated rings. The Hall–Kier alpha value is -2.00. The molecule has 1 atom stereocenters. The molecule has 0 amide bonds. The molecule has 1 N–H and O–H groups in total. The molecule has 132 valence electrons. The maximum absolute atomic E-state index is 12.5. The van der Waals surface area contributed by atoms with Crippen LogP contribution in [0.2, 0.25) is 0 Å². The second-order valence-corrected chi connectivity index (χ2v) is 6.94. The van der Waals surface area contributed by atoms with Gasteiger partial charge in [0, 0.05) is 11.6 Å². The highest BCUT2D eigenvalue weighted by Crippen LogP contribution is 2.29. The maximum atomic E-state index is 12.5. The number of hydrogen-bond donors (Lipinski definition) is 1. The summed E-state index contributed by atoms with van der Waals surface area (Å²) in [6.45, 7) is 0.433. The Balaban J connectivity index is 2.19. The number of hydrogen-bond acceptors (Lipinski definition) is 5. The van der Waals surface area contributed by atoms with E-state index in [4.69, 9.17) is 4.52 Å². The number of alkyl halides is 2.